The van der Waals surface area contributed by atoms with Gasteiger partial charge in [-0.1, -0.05) is 41.4 Å². The van der Waals surface area contributed by atoms with Crippen LogP contribution in [0.5, 0.6) is 5.75 Å². The Kier molecular flexibility index (Phi) is 10.1. The van der Waals surface area contributed by atoms with Gasteiger partial charge in [-0.05, 0) is 87.9 Å². The number of carbonyl (C=O) groups is 2. The van der Waals surface area contributed by atoms with E-state index in [4.69, 9.17) is 27.9 Å². The molecule has 1 N–H and O–H groups in total. The summed E-state index contributed by atoms with van der Waals surface area (Å²) in [6, 6.07) is 18.0. The lowest BCUT2D eigenvalue weighted by molar-refractivity contribution is -0.140. The van der Waals surface area contributed by atoms with Crippen LogP contribution in [0.2, 0.25) is 10.0 Å². The highest BCUT2D eigenvalue weighted by Gasteiger charge is 2.33. The van der Waals surface area contributed by atoms with Gasteiger partial charge < -0.3 is 15.0 Å². The van der Waals surface area contributed by atoms with E-state index in [0.717, 1.165) is 9.87 Å². The van der Waals surface area contributed by atoms with E-state index in [2.05, 4.69) is 5.32 Å². The Balaban J connectivity index is 2.03. The lowest BCUT2D eigenvalue weighted by Gasteiger charge is -2.33. The molecule has 0 aromatic heterocycles. The van der Waals surface area contributed by atoms with Gasteiger partial charge in [-0.25, -0.2) is 8.42 Å². The molecule has 1 atom stereocenters. The predicted molar refractivity (Wildman–Crippen MR) is 158 cm³/mol. The number of carbonyl (C=O) groups excluding carboxylic acids is 2. The van der Waals surface area contributed by atoms with E-state index in [1.807, 2.05) is 20.8 Å². The molecule has 0 spiro atoms. The largest absolute Gasteiger partial charge is 0.497 e. The number of amides is 2. The fraction of sp³-hybridized carbons (Fsp3) is 0.310. The summed E-state index contributed by atoms with van der Waals surface area (Å²) in [5, 5.41) is 3.57. The quantitative estimate of drug-likeness (QED) is 0.328. The number of ether oxygens (including phenoxy) is 1. The molecule has 0 saturated heterocycles. The Morgan fingerprint density at radius 2 is 1.57 bits per heavy atom. The predicted octanol–water partition coefficient (Wildman–Crippen LogP) is 5.53. The normalized spacial score (nSPS) is 12.4. The van der Waals surface area contributed by atoms with Crippen LogP contribution in [0.15, 0.2) is 77.7 Å². The zero-order valence-corrected chi connectivity index (χ0v) is 25.3. The van der Waals surface area contributed by atoms with Crippen LogP contribution < -0.4 is 14.4 Å². The van der Waals surface area contributed by atoms with Gasteiger partial charge in [0.1, 0.15) is 18.3 Å². The first-order chi connectivity index (χ1) is 18.7. The summed E-state index contributed by atoms with van der Waals surface area (Å²) in [5.41, 5.74) is 0.400. The van der Waals surface area contributed by atoms with Crippen molar-refractivity contribution in [3.05, 3.63) is 88.4 Å². The van der Waals surface area contributed by atoms with Crippen molar-refractivity contribution in [1.29, 1.82) is 0 Å². The van der Waals surface area contributed by atoms with E-state index in [9.17, 15) is 18.0 Å². The number of nitrogens with one attached hydrogen (secondary N) is 1. The number of hydrogen-bond donors (Lipinski definition) is 1. The van der Waals surface area contributed by atoms with Gasteiger partial charge in [-0.3, -0.25) is 13.9 Å². The lowest BCUT2D eigenvalue weighted by atomic mass is 10.1. The van der Waals surface area contributed by atoms with Crippen LogP contribution in [0.25, 0.3) is 0 Å². The van der Waals surface area contributed by atoms with Crippen LogP contribution in [0.1, 0.15) is 33.3 Å². The smallest absolute Gasteiger partial charge is 0.264 e. The molecule has 0 aliphatic carbocycles. The molecule has 11 heteroatoms. The van der Waals surface area contributed by atoms with Crippen LogP contribution in [-0.2, 0) is 26.2 Å². The average Bonchev–Trinajstić information content (AvgIpc) is 2.89. The van der Waals surface area contributed by atoms with Crippen molar-refractivity contribution in [2.24, 2.45) is 0 Å². The van der Waals surface area contributed by atoms with E-state index in [1.165, 1.54) is 35.2 Å². The van der Waals surface area contributed by atoms with Crippen LogP contribution in [0.4, 0.5) is 5.69 Å². The Bertz CT molecular complexity index is 1440. The molecule has 0 aliphatic rings. The summed E-state index contributed by atoms with van der Waals surface area (Å²) in [7, 11) is -2.67. The first-order valence-electron chi connectivity index (χ1n) is 12.5. The van der Waals surface area contributed by atoms with Gasteiger partial charge in [0.05, 0.1) is 17.7 Å². The van der Waals surface area contributed by atoms with Crippen molar-refractivity contribution in [3.8, 4) is 5.75 Å². The third-order valence-corrected chi connectivity index (χ3v) is 8.23. The molecular formula is C29H33Cl2N3O5S. The number of sulfonamides is 1. The van der Waals surface area contributed by atoms with Crippen LogP contribution >= 0.6 is 23.2 Å². The Hall–Kier alpha value is -3.27. The summed E-state index contributed by atoms with van der Waals surface area (Å²) in [6.45, 7) is 6.62. The summed E-state index contributed by atoms with van der Waals surface area (Å²) in [4.78, 5) is 28.4. The van der Waals surface area contributed by atoms with E-state index >= 15 is 0 Å². The molecule has 3 aromatic rings. The highest BCUT2D eigenvalue weighted by molar-refractivity contribution is 7.92. The molecule has 2 amide bonds. The number of hydrogen-bond acceptors (Lipinski definition) is 5. The molecule has 0 fully saturated rings. The zero-order valence-electron chi connectivity index (χ0n) is 23.0. The maximum Gasteiger partial charge on any atom is 0.264 e. The maximum absolute atomic E-state index is 13.9. The second-order valence-electron chi connectivity index (χ2n) is 10.2. The molecule has 0 saturated carbocycles. The fourth-order valence-corrected chi connectivity index (χ4v) is 5.59. The van der Waals surface area contributed by atoms with E-state index in [0.29, 0.717) is 15.8 Å². The second-order valence-corrected chi connectivity index (χ2v) is 13.0. The molecule has 0 unspecified atom stereocenters. The molecular weight excluding hydrogens is 573 g/mol. The molecule has 40 heavy (non-hydrogen) atoms. The SMILES string of the molecule is COc1ccc(CN(C(=O)CN(c2cccc(Cl)c2)S(=O)(=O)c2ccc(Cl)cc2)[C@H](C)C(=O)NC(C)(C)C)cc1. The van der Waals surface area contributed by atoms with Crippen molar-refractivity contribution in [1.82, 2.24) is 10.2 Å². The minimum atomic E-state index is -4.22. The first-order valence-corrected chi connectivity index (χ1v) is 14.7. The first kappa shape index (κ1) is 31.3. The van der Waals surface area contributed by atoms with Crippen LogP contribution in [0.3, 0.4) is 0 Å². The third kappa shape index (κ3) is 8.13. The van der Waals surface area contributed by atoms with Crippen molar-refractivity contribution in [3.63, 3.8) is 0 Å². The van der Waals surface area contributed by atoms with Gasteiger partial charge in [-0.15, -0.1) is 0 Å². The highest BCUT2D eigenvalue weighted by Crippen LogP contribution is 2.27. The molecule has 0 heterocycles. The summed E-state index contributed by atoms with van der Waals surface area (Å²) < 4.78 is 33.8. The molecule has 214 valence electrons. The van der Waals surface area contributed by atoms with Crippen molar-refractivity contribution in [2.45, 2.75) is 50.7 Å². The van der Waals surface area contributed by atoms with Crippen LogP contribution in [-0.4, -0.2) is 50.4 Å². The van der Waals surface area contributed by atoms with Gasteiger partial charge in [0.25, 0.3) is 10.0 Å². The maximum atomic E-state index is 13.9. The minimum Gasteiger partial charge on any atom is -0.497 e. The molecule has 8 nitrogen and oxygen atoms in total. The Morgan fingerprint density at radius 1 is 0.950 bits per heavy atom. The van der Waals surface area contributed by atoms with Crippen molar-refractivity contribution < 1.29 is 22.7 Å². The number of anilines is 1. The molecule has 0 radical (unpaired) electrons. The average molecular weight is 607 g/mol. The summed E-state index contributed by atoms with van der Waals surface area (Å²) in [5.74, 6) is -0.310. The number of halogens is 2. The van der Waals surface area contributed by atoms with E-state index < -0.39 is 34.1 Å². The minimum absolute atomic E-state index is 0.0510. The molecule has 3 aromatic carbocycles. The summed E-state index contributed by atoms with van der Waals surface area (Å²) >= 11 is 12.2. The number of nitrogens with zero attached hydrogens (tertiary/aromatic N) is 2. The van der Waals surface area contributed by atoms with Gasteiger partial charge in [-0.2, -0.15) is 0 Å². The Labute approximate surface area is 245 Å². The van der Waals surface area contributed by atoms with Crippen molar-refractivity contribution >= 4 is 50.7 Å². The van der Waals surface area contributed by atoms with Gasteiger partial charge in [0.2, 0.25) is 11.8 Å². The topological polar surface area (TPSA) is 96.0 Å². The zero-order chi connectivity index (χ0) is 29.7. The monoisotopic (exact) mass is 605 g/mol. The van der Waals surface area contributed by atoms with Gasteiger partial charge >= 0.3 is 0 Å². The van der Waals surface area contributed by atoms with Gasteiger partial charge in [0, 0.05) is 22.1 Å². The van der Waals surface area contributed by atoms with Crippen LogP contribution in [0, 0.1) is 0 Å². The lowest BCUT2D eigenvalue weighted by Crippen LogP contribution is -2.54. The van der Waals surface area contributed by atoms with Gasteiger partial charge in [0.15, 0.2) is 0 Å². The highest BCUT2D eigenvalue weighted by atomic mass is 35.5. The number of methoxy groups -OCH3 is 1. The summed E-state index contributed by atoms with van der Waals surface area (Å²) in [6.07, 6.45) is 0. The molecule has 0 aliphatic heterocycles. The van der Waals surface area contributed by atoms with Crippen molar-refractivity contribution in [2.75, 3.05) is 18.0 Å². The third-order valence-electron chi connectivity index (χ3n) is 5.95. The second kappa shape index (κ2) is 12.9. The molecule has 3 rings (SSSR count). The standard InChI is InChI=1S/C29H33Cl2N3O5S/c1-20(28(36)32-29(2,3)4)33(18-21-9-13-25(39-5)14-10-21)27(35)19-34(24-8-6-7-23(31)17-24)40(37,38)26-15-11-22(30)12-16-26/h6-17,20H,18-19H2,1-5H3,(H,32,36)/t20-/m1/s1. The number of rotatable bonds is 10. The Morgan fingerprint density at radius 3 is 2.12 bits per heavy atom. The van der Waals surface area contributed by atoms with E-state index in [1.54, 1.807) is 56.5 Å². The molecule has 0 bridgehead atoms. The number of benzene rings is 3. The van der Waals surface area contributed by atoms with E-state index in [-0.39, 0.29) is 23.0 Å². The fourth-order valence-electron chi connectivity index (χ4n) is 3.88.